The number of nitrogens with one attached hydrogen (secondary N) is 1. The predicted molar refractivity (Wildman–Crippen MR) is 66.2 cm³/mol. The van der Waals surface area contributed by atoms with Crippen LogP contribution in [0.15, 0.2) is 30.3 Å². The van der Waals surface area contributed by atoms with Crippen LogP contribution in [-0.4, -0.2) is 6.79 Å². The molecule has 0 aliphatic carbocycles. The number of ether oxygens (including phenoxy) is 2. The molecule has 0 bridgehead atoms. The molecule has 0 atom stereocenters. The van der Waals surface area contributed by atoms with Crippen LogP contribution in [0.3, 0.4) is 0 Å². The van der Waals surface area contributed by atoms with E-state index >= 15 is 0 Å². The lowest BCUT2D eigenvalue weighted by atomic mass is 10.2. The second-order valence-corrected chi connectivity index (χ2v) is 4.29. The average molecular weight is 281 g/mol. The Hall–Kier alpha value is -2.37. The third kappa shape index (κ3) is 2.36. The summed E-state index contributed by atoms with van der Waals surface area (Å²) in [5.74, 6) is -1.67. The van der Waals surface area contributed by atoms with Gasteiger partial charge in [0.1, 0.15) is 11.5 Å². The van der Waals surface area contributed by atoms with E-state index in [2.05, 4.69) is 5.32 Å². The Bertz CT molecular complexity index is 638. The van der Waals surface area contributed by atoms with Gasteiger partial charge in [0.2, 0.25) is 6.79 Å². The van der Waals surface area contributed by atoms with Crippen LogP contribution in [0.25, 0.3) is 0 Å². The fourth-order valence-electron chi connectivity index (χ4n) is 1.95. The molecule has 6 heteroatoms. The fourth-order valence-corrected chi connectivity index (χ4v) is 1.95. The Labute approximate surface area is 112 Å². The zero-order chi connectivity index (χ0) is 14.1. The van der Waals surface area contributed by atoms with Crippen molar-refractivity contribution in [3.05, 3.63) is 53.3 Å². The highest BCUT2D eigenvalue weighted by Gasteiger charge is 2.14. The van der Waals surface area contributed by atoms with Crippen molar-refractivity contribution >= 4 is 5.69 Å². The zero-order valence-electron chi connectivity index (χ0n) is 10.3. The maximum absolute atomic E-state index is 13.4. The highest BCUT2D eigenvalue weighted by Crippen LogP contribution is 2.32. The normalized spacial score (nSPS) is 12.6. The molecular formula is C14H10F3NO2. The molecule has 1 heterocycles. The van der Waals surface area contributed by atoms with Gasteiger partial charge >= 0.3 is 0 Å². The molecule has 2 aromatic carbocycles. The topological polar surface area (TPSA) is 30.5 Å². The molecule has 1 aliphatic rings. The number of benzene rings is 2. The van der Waals surface area contributed by atoms with Crippen molar-refractivity contribution in [3.8, 4) is 11.5 Å². The molecule has 0 aromatic heterocycles. The van der Waals surface area contributed by atoms with Crippen LogP contribution in [-0.2, 0) is 6.54 Å². The van der Waals surface area contributed by atoms with Crippen molar-refractivity contribution < 1.29 is 22.6 Å². The van der Waals surface area contributed by atoms with Crippen molar-refractivity contribution in [2.75, 3.05) is 12.1 Å². The maximum atomic E-state index is 13.4. The van der Waals surface area contributed by atoms with Crippen LogP contribution >= 0.6 is 0 Å². The molecule has 3 rings (SSSR count). The lowest BCUT2D eigenvalue weighted by molar-refractivity contribution is 0.174. The van der Waals surface area contributed by atoms with Crippen LogP contribution in [0.1, 0.15) is 5.56 Å². The predicted octanol–water partition coefficient (Wildman–Crippen LogP) is 3.44. The summed E-state index contributed by atoms with van der Waals surface area (Å²) in [6.07, 6.45) is 0. The van der Waals surface area contributed by atoms with Gasteiger partial charge in [-0.1, -0.05) is 6.07 Å². The summed E-state index contributed by atoms with van der Waals surface area (Å²) in [6.45, 7) is 0.337. The number of fused-ring (bicyclic) bond motifs is 1. The van der Waals surface area contributed by atoms with E-state index in [1.165, 1.54) is 0 Å². The van der Waals surface area contributed by atoms with Crippen LogP contribution in [0.5, 0.6) is 11.5 Å². The molecular weight excluding hydrogens is 271 g/mol. The Kier molecular flexibility index (Phi) is 3.14. The van der Waals surface area contributed by atoms with Gasteiger partial charge in [0.15, 0.2) is 23.1 Å². The molecule has 3 nitrogen and oxygen atoms in total. The standard InChI is InChI=1S/C14H10F3NO2/c15-9-4-10(16)14(11(17)5-9)18-6-8-1-2-12-13(3-8)20-7-19-12/h1-5,18H,6-7H2. The smallest absolute Gasteiger partial charge is 0.231 e. The number of anilines is 1. The van der Waals surface area contributed by atoms with E-state index in [0.717, 1.165) is 5.56 Å². The van der Waals surface area contributed by atoms with Gasteiger partial charge in [-0.05, 0) is 17.7 Å². The number of hydrogen-bond donors (Lipinski definition) is 1. The Morgan fingerprint density at radius 3 is 2.40 bits per heavy atom. The first-order valence-electron chi connectivity index (χ1n) is 5.90. The molecule has 0 saturated heterocycles. The van der Waals surface area contributed by atoms with Gasteiger partial charge in [0.25, 0.3) is 0 Å². The molecule has 0 saturated carbocycles. The van der Waals surface area contributed by atoms with Crippen molar-refractivity contribution in [1.82, 2.24) is 0 Å². The molecule has 0 fully saturated rings. The highest BCUT2D eigenvalue weighted by atomic mass is 19.1. The van der Waals surface area contributed by atoms with Crippen molar-refractivity contribution in [1.29, 1.82) is 0 Å². The molecule has 104 valence electrons. The maximum Gasteiger partial charge on any atom is 0.231 e. The van der Waals surface area contributed by atoms with Gasteiger partial charge in [0.05, 0.1) is 0 Å². The molecule has 0 radical (unpaired) electrons. The van der Waals surface area contributed by atoms with E-state index in [4.69, 9.17) is 9.47 Å². The van der Waals surface area contributed by atoms with Crippen molar-refractivity contribution in [2.24, 2.45) is 0 Å². The van der Waals surface area contributed by atoms with Gasteiger partial charge in [-0.2, -0.15) is 0 Å². The molecule has 0 unspecified atom stereocenters. The van der Waals surface area contributed by atoms with Crippen LogP contribution in [0, 0.1) is 17.5 Å². The van der Waals surface area contributed by atoms with Crippen LogP contribution in [0.2, 0.25) is 0 Å². The molecule has 0 amide bonds. The Morgan fingerprint density at radius 2 is 1.65 bits per heavy atom. The van der Waals surface area contributed by atoms with Gasteiger partial charge < -0.3 is 14.8 Å². The van der Waals surface area contributed by atoms with Gasteiger partial charge in [0, 0.05) is 18.7 Å². The monoisotopic (exact) mass is 281 g/mol. The van der Waals surface area contributed by atoms with E-state index in [0.29, 0.717) is 23.6 Å². The summed E-state index contributed by atoms with van der Waals surface area (Å²) in [7, 11) is 0. The van der Waals surface area contributed by atoms with Gasteiger partial charge in [-0.3, -0.25) is 0 Å². The summed E-state index contributed by atoms with van der Waals surface area (Å²) in [6, 6.07) is 6.45. The summed E-state index contributed by atoms with van der Waals surface area (Å²) in [4.78, 5) is 0. The summed E-state index contributed by atoms with van der Waals surface area (Å²) in [5, 5.41) is 2.60. The third-order valence-electron chi connectivity index (χ3n) is 2.91. The van der Waals surface area contributed by atoms with E-state index in [-0.39, 0.29) is 19.0 Å². The first kappa shape index (κ1) is 12.7. The summed E-state index contributed by atoms with van der Waals surface area (Å²) < 4.78 is 50.0. The van der Waals surface area contributed by atoms with Gasteiger partial charge in [-0.15, -0.1) is 0 Å². The Morgan fingerprint density at radius 1 is 0.950 bits per heavy atom. The zero-order valence-corrected chi connectivity index (χ0v) is 10.3. The summed E-state index contributed by atoms with van der Waals surface area (Å²) in [5.41, 5.74) is 0.404. The third-order valence-corrected chi connectivity index (χ3v) is 2.91. The minimum atomic E-state index is -0.969. The second-order valence-electron chi connectivity index (χ2n) is 4.29. The van der Waals surface area contributed by atoms with Crippen molar-refractivity contribution in [2.45, 2.75) is 6.54 Å². The lowest BCUT2D eigenvalue weighted by Gasteiger charge is -2.09. The van der Waals surface area contributed by atoms with Crippen molar-refractivity contribution in [3.63, 3.8) is 0 Å². The first-order valence-corrected chi connectivity index (χ1v) is 5.90. The highest BCUT2D eigenvalue weighted by molar-refractivity contribution is 5.49. The molecule has 1 N–H and O–H groups in total. The number of rotatable bonds is 3. The fraction of sp³-hybridized carbons (Fsp3) is 0.143. The Balaban J connectivity index is 1.77. The quantitative estimate of drug-likeness (QED) is 0.934. The van der Waals surface area contributed by atoms with E-state index in [1.807, 2.05) is 0 Å². The molecule has 0 spiro atoms. The molecule has 20 heavy (non-hydrogen) atoms. The SMILES string of the molecule is Fc1cc(F)c(NCc2ccc3c(c2)OCO3)c(F)c1. The lowest BCUT2D eigenvalue weighted by Crippen LogP contribution is -2.04. The van der Waals surface area contributed by atoms with E-state index in [1.54, 1.807) is 18.2 Å². The summed E-state index contributed by atoms with van der Waals surface area (Å²) >= 11 is 0. The molecule has 1 aliphatic heterocycles. The number of halogens is 3. The minimum absolute atomic E-state index is 0.160. The average Bonchev–Trinajstić information content (AvgIpc) is 2.84. The van der Waals surface area contributed by atoms with E-state index < -0.39 is 17.5 Å². The van der Waals surface area contributed by atoms with E-state index in [9.17, 15) is 13.2 Å². The number of hydrogen-bond acceptors (Lipinski definition) is 3. The first-order chi connectivity index (χ1) is 9.63. The van der Waals surface area contributed by atoms with Crippen LogP contribution < -0.4 is 14.8 Å². The van der Waals surface area contributed by atoms with Crippen LogP contribution in [0.4, 0.5) is 18.9 Å². The second kappa shape index (κ2) is 4.96. The molecule has 2 aromatic rings. The van der Waals surface area contributed by atoms with Gasteiger partial charge in [-0.25, -0.2) is 13.2 Å². The largest absolute Gasteiger partial charge is 0.454 e. The minimum Gasteiger partial charge on any atom is -0.454 e.